The van der Waals surface area contributed by atoms with Crippen molar-refractivity contribution >= 4 is 23.0 Å². The maximum atomic E-state index is 14.8. The van der Waals surface area contributed by atoms with Gasteiger partial charge >= 0.3 is 0 Å². The first kappa shape index (κ1) is 18.7. The highest BCUT2D eigenvalue weighted by Crippen LogP contribution is 2.29. The molecule has 0 unspecified atom stereocenters. The number of carbonyl (C=O) groups excluding carboxylic acids is 1. The molecule has 4 heterocycles. The lowest BCUT2D eigenvalue weighted by atomic mass is 9.80. The first-order valence-corrected chi connectivity index (χ1v) is 9.91. The van der Waals surface area contributed by atoms with E-state index in [4.69, 9.17) is 0 Å². The third-order valence-electron chi connectivity index (χ3n) is 5.70. The van der Waals surface area contributed by atoms with Crippen molar-refractivity contribution in [2.75, 3.05) is 12.4 Å². The summed E-state index contributed by atoms with van der Waals surface area (Å²) in [4.78, 5) is 21.1. The van der Waals surface area contributed by atoms with Gasteiger partial charge in [-0.3, -0.25) is 4.79 Å². The lowest BCUT2D eigenvalue weighted by molar-refractivity contribution is -0.122. The Hall–Kier alpha value is -3.33. The maximum Gasteiger partial charge on any atom is 0.228 e. The zero-order valence-corrected chi connectivity index (χ0v) is 17.0. The van der Waals surface area contributed by atoms with E-state index in [0.717, 1.165) is 29.7 Å². The third-order valence-corrected chi connectivity index (χ3v) is 5.70. The summed E-state index contributed by atoms with van der Waals surface area (Å²) in [5.41, 5.74) is 4.00. The summed E-state index contributed by atoms with van der Waals surface area (Å²) in [5, 5.41) is 10.5. The molecule has 1 amide bonds. The number of fused-ring (bicyclic) bond motifs is 2. The van der Waals surface area contributed by atoms with Crippen LogP contribution in [0.5, 0.6) is 0 Å². The molecular formula is C21H22FN7O. The van der Waals surface area contributed by atoms with Gasteiger partial charge in [0.2, 0.25) is 5.91 Å². The Bertz CT molecular complexity index is 1290. The van der Waals surface area contributed by atoms with Gasteiger partial charge in [0.05, 0.1) is 23.8 Å². The van der Waals surface area contributed by atoms with E-state index in [-0.39, 0.29) is 17.5 Å². The summed E-state index contributed by atoms with van der Waals surface area (Å²) in [7, 11) is 1.89. The second-order valence-corrected chi connectivity index (χ2v) is 7.94. The summed E-state index contributed by atoms with van der Waals surface area (Å²) < 4.78 is 18.1. The lowest BCUT2D eigenvalue weighted by Gasteiger charge is -2.33. The van der Waals surface area contributed by atoms with Crippen LogP contribution >= 0.6 is 0 Å². The fraction of sp³-hybridized carbons (Fsp3) is 0.333. The number of aryl methyl sites for hydroxylation is 2. The zero-order valence-electron chi connectivity index (χ0n) is 17.0. The molecule has 0 spiro atoms. The highest BCUT2D eigenvalue weighted by molar-refractivity contribution is 5.92. The van der Waals surface area contributed by atoms with E-state index < -0.39 is 5.82 Å². The molecule has 5 rings (SSSR count). The normalized spacial score (nSPS) is 18.7. The van der Waals surface area contributed by atoms with Crippen molar-refractivity contribution < 1.29 is 9.18 Å². The Morgan fingerprint density at radius 3 is 2.70 bits per heavy atom. The fourth-order valence-electron chi connectivity index (χ4n) is 3.94. The van der Waals surface area contributed by atoms with Crippen LogP contribution in [0.4, 0.5) is 10.2 Å². The molecule has 0 radical (unpaired) electrons. The molecule has 1 saturated carbocycles. The molecule has 1 fully saturated rings. The smallest absolute Gasteiger partial charge is 0.228 e. The molecule has 0 bridgehead atoms. The van der Waals surface area contributed by atoms with Crippen LogP contribution < -0.4 is 10.6 Å². The van der Waals surface area contributed by atoms with E-state index in [2.05, 4.69) is 25.7 Å². The van der Waals surface area contributed by atoms with Gasteiger partial charge in [-0.25, -0.2) is 18.9 Å². The van der Waals surface area contributed by atoms with E-state index in [0.29, 0.717) is 23.1 Å². The minimum Gasteiger partial charge on any atom is -0.317 e. The van der Waals surface area contributed by atoms with Crippen molar-refractivity contribution in [2.24, 2.45) is 5.92 Å². The number of hydrogen-bond donors (Lipinski definition) is 2. The van der Waals surface area contributed by atoms with Crippen LogP contribution in [0.1, 0.15) is 24.1 Å². The van der Waals surface area contributed by atoms with Gasteiger partial charge in [-0.15, -0.1) is 0 Å². The molecule has 0 aliphatic heterocycles. The molecule has 0 atom stereocenters. The van der Waals surface area contributed by atoms with E-state index in [1.54, 1.807) is 21.3 Å². The van der Waals surface area contributed by atoms with Crippen LogP contribution in [-0.4, -0.2) is 43.0 Å². The summed E-state index contributed by atoms with van der Waals surface area (Å²) in [5.74, 6) is -0.254. The summed E-state index contributed by atoms with van der Waals surface area (Å²) in [6.45, 7) is 3.86. The van der Waals surface area contributed by atoms with E-state index in [9.17, 15) is 9.18 Å². The van der Waals surface area contributed by atoms with Gasteiger partial charge in [0.15, 0.2) is 22.9 Å². The van der Waals surface area contributed by atoms with Crippen molar-refractivity contribution in [3.8, 4) is 11.3 Å². The molecule has 30 heavy (non-hydrogen) atoms. The predicted molar refractivity (Wildman–Crippen MR) is 111 cm³/mol. The van der Waals surface area contributed by atoms with Gasteiger partial charge in [-0.05, 0) is 51.4 Å². The number of aromatic nitrogens is 5. The monoisotopic (exact) mass is 407 g/mol. The molecule has 1 aliphatic carbocycles. The number of imidazole rings is 2. The van der Waals surface area contributed by atoms with Crippen LogP contribution in [-0.2, 0) is 4.79 Å². The van der Waals surface area contributed by atoms with Crippen molar-refractivity contribution in [2.45, 2.75) is 32.7 Å². The van der Waals surface area contributed by atoms with Crippen LogP contribution in [0, 0.1) is 25.6 Å². The molecule has 1 aliphatic rings. The van der Waals surface area contributed by atoms with E-state index >= 15 is 0 Å². The predicted octanol–water partition coefficient (Wildman–Crippen LogP) is 2.74. The zero-order chi connectivity index (χ0) is 21.0. The molecule has 0 aromatic carbocycles. The highest BCUT2D eigenvalue weighted by atomic mass is 19.1. The van der Waals surface area contributed by atoms with Crippen molar-refractivity contribution in [3.05, 3.63) is 47.8 Å². The third kappa shape index (κ3) is 3.11. The van der Waals surface area contributed by atoms with Gasteiger partial charge in [-0.2, -0.15) is 5.10 Å². The van der Waals surface area contributed by atoms with E-state index in [1.165, 1.54) is 6.07 Å². The number of nitrogens with one attached hydrogen (secondary N) is 2. The quantitative estimate of drug-likeness (QED) is 0.543. The Morgan fingerprint density at radius 1 is 1.13 bits per heavy atom. The molecule has 8 nitrogen and oxygen atoms in total. The number of nitrogens with zero attached hydrogens (tertiary/aromatic N) is 5. The standard InChI is InChI=1S/C21H22FN7O/c1-11-4-17(27-29-8-12(2)24-19(11)29)14-7-16(22)20-25-18(10-28(20)9-14)26-21(30)13-5-15(6-13)23-3/h4,7-10,13,15,23H,5-6H2,1-3H3,(H,26,30). The number of halogens is 1. The molecule has 9 heteroatoms. The molecule has 0 saturated heterocycles. The number of rotatable bonds is 4. The first-order valence-electron chi connectivity index (χ1n) is 9.91. The van der Waals surface area contributed by atoms with Gasteiger partial charge in [0.25, 0.3) is 0 Å². The van der Waals surface area contributed by atoms with Crippen LogP contribution in [0.15, 0.2) is 30.7 Å². The largest absolute Gasteiger partial charge is 0.317 e. The second kappa shape index (κ2) is 6.88. The highest BCUT2D eigenvalue weighted by Gasteiger charge is 2.33. The fourth-order valence-corrected chi connectivity index (χ4v) is 3.94. The molecule has 2 N–H and O–H groups in total. The lowest BCUT2D eigenvalue weighted by Crippen LogP contribution is -2.44. The molecule has 154 valence electrons. The Balaban J connectivity index is 1.46. The number of carbonyl (C=O) groups is 1. The van der Waals surface area contributed by atoms with Crippen LogP contribution in [0.25, 0.3) is 22.6 Å². The Kier molecular flexibility index (Phi) is 4.28. The van der Waals surface area contributed by atoms with Gasteiger partial charge < -0.3 is 15.0 Å². The Labute approximate surface area is 172 Å². The number of amides is 1. The average molecular weight is 407 g/mol. The van der Waals surface area contributed by atoms with Crippen molar-refractivity contribution in [1.29, 1.82) is 0 Å². The average Bonchev–Trinajstić information content (AvgIpc) is 3.23. The summed E-state index contributed by atoms with van der Waals surface area (Å²) in [6, 6.07) is 3.68. The second-order valence-electron chi connectivity index (χ2n) is 7.94. The van der Waals surface area contributed by atoms with Crippen molar-refractivity contribution in [1.82, 2.24) is 29.3 Å². The van der Waals surface area contributed by atoms with E-state index in [1.807, 2.05) is 33.2 Å². The van der Waals surface area contributed by atoms with Crippen LogP contribution in [0.3, 0.4) is 0 Å². The number of pyridine rings is 1. The summed E-state index contributed by atoms with van der Waals surface area (Å²) in [6.07, 6.45) is 6.83. The first-order chi connectivity index (χ1) is 14.4. The number of anilines is 1. The molecular weight excluding hydrogens is 385 g/mol. The maximum absolute atomic E-state index is 14.8. The van der Waals surface area contributed by atoms with Gasteiger partial charge in [0.1, 0.15) is 0 Å². The molecule has 4 aromatic rings. The van der Waals surface area contributed by atoms with Gasteiger partial charge in [0, 0.05) is 23.7 Å². The number of hydrogen-bond acceptors (Lipinski definition) is 5. The molecule has 4 aromatic heterocycles. The SMILES string of the molecule is CNC1CC(C(=O)Nc2cn3cc(-c4cc(C)c5nc(C)cn5n4)cc(F)c3n2)C1. The topological polar surface area (TPSA) is 88.6 Å². The van der Waals surface area contributed by atoms with Gasteiger partial charge in [-0.1, -0.05) is 0 Å². The Morgan fingerprint density at radius 2 is 1.93 bits per heavy atom. The van der Waals surface area contributed by atoms with Crippen molar-refractivity contribution in [3.63, 3.8) is 0 Å². The summed E-state index contributed by atoms with van der Waals surface area (Å²) >= 11 is 0. The minimum atomic E-state index is -0.478. The van der Waals surface area contributed by atoms with Crippen LogP contribution in [0.2, 0.25) is 0 Å². The minimum absolute atomic E-state index is 0.0368.